The highest BCUT2D eigenvalue weighted by Crippen LogP contribution is 2.22. The van der Waals surface area contributed by atoms with Gasteiger partial charge in [-0.15, -0.1) is 0 Å². The summed E-state index contributed by atoms with van der Waals surface area (Å²) in [7, 11) is 0. The van der Waals surface area contributed by atoms with Gasteiger partial charge in [0.2, 0.25) is 0 Å². The van der Waals surface area contributed by atoms with Crippen LogP contribution in [0, 0.1) is 11.3 Å². The van der Waals surface area contributed by atoms with Crippen LogP contribution in [0.25, 0.3) is 16.9 Å². The van der Waals surface area contributed by atoms with E-state index in [4.69, 9.17) is 0 Å². The normalized spacial score (nSPS) is 10.4. The maximum atomic E-state index is 11.9. The first-order valence-corrected chi connectivity index (χ1v) is 7.49. The van der Waals surface area contributed by atoms with Crippen LogP contribution in [0.3, 0.4) is 0 Å². The van der Waals surface area contributed by atoms with Crippen molar-refractivity contribution in [1.82, 2.24) is 24.7 Å². The summed E-state index contributed by atoms with van der Waals surface area (Å²) in [5.74, 6) is 0. The quantitative estimate of drug-likeness (QED) is 0.582. The first-order chi connectivity index (χ1) is 10.7. The number of nitrogens with one attached hydrogen (secondary N) is 1. The summed E-state index contributed by atoms with van der Waals surface area (Å²) >= 11 is 1.31. The highest BCUT2D eigenvalue weighted by Gasteiger charge is 2.13. The number of aromatic amines is 1. The molecule has 0 bridgehead atoms. The number of rotatable bonds is 3. The summed E-state index contributed by atoms with van der Waals surface area (Å²) in [5.41, 5.74) is 1.47. The molecule has 0 aliphatic heterocycles. The van der Waals surface area contributed by atoms with Crippen LogP contribution in [0.4, 0.5) is 0 Å². The summed E-state index contributed by atoms with van der Waals surface area (Å²) in [6, 6.07) is 9.16. The van der Waals surface area contributed by atoms with E-state index in [1.165, 1.54) is 18.1 Å². The lowest BCUT2D eigenvalue weighted by atomic mass is 10.1. The van der Waals surface area contributed by atoms with Crippen molar-refractivity contribution >= 4 is 11.8 Å². The van der Waals surface area contributed by atoms with Crippen LogP contribution in [0.1, 0.15) is 5.56 Å². The number of benzene rings is 1. The van der Waals surface area contributed by atoms with E-state index < -0.39 is 5.56 Å². The van der Waals surface area contributed by atoms with Gasteiger partial charge in [0.25, 0.3) is 5.56 Å². The molecule has 108 valence electrons. The Balaban J connectivity index is 2.10. The SMILES string of the molecule is CSc1nc(-c2ccc(-n3cncn3)cc2)c(C#N)c(=O)[nH]1. The smallest absolute Gasteiger partial charge is 0.270 e. The second-order valence-electron chi connectivity index (χ2n) is 4.30. The molecule has 0 saturated heterocycles. The van der Waals surface area contributed by atoms with Gasteiger partial charge in [-0.25, -0.2) is 14.6 Å². The Morgan fingerprint density at radius 2 is 2.09 bits per heavy atom. The Kier molecular flexibility index (Phi) is 3.72. The third-order valence-corrected chi connectivity index (χ3v) is 3.61. The molecule has 0 fully saturated rings. The Morgan fingerprint density at radius 1 is 1.32 bits per heavy atom. The molecule has 0 aliphatic carbocycles. The van der Waals surface area contributed by atoms with Crippen LogP contribution in [0.5, 0.6) is 0 Å². The van der Waals surface area contributed by atoms with Gasteiger partial charge < -0.3 is 4.98 Å². The molecule has 8 heteroatoms. The number of nitriles is 1. The molecular formula is C14H10N6OS. The number of hydrogen-bond donors (Lipinski definition) is 1. The number of nitrogens with zero attached hydrogens (tertiary/aromatic N) is 5. The maximum Gasteiger partial charge on any atom is 0.270 e. The fraction of sp³-hybridized carbons (Fsp3) is 0.0714. The second kappa shape index (κ2) is 5.83. The third kappa shape index (κ3) is 2.49. The Hall–Kier alpha value is -2.92. The Morgan fingerprint density at radius 3 is 2.68 bits per heavy atom. The van der Waals surface area contributed by atoms with E-state index in [9.17, 15) is 10.1 Å². The van der Waals surface area contributed by atoms with Crippen molar-refractivity contribution in [2.75, 3.05) is 6.26 Å². The van der Waals surface area contributed by atoms with Crippen molar-refractivity contribution in [1.29, 1.82) is 5.26 Å². The standard InChI is InChI=1S/C14H10N6OS/c1-22-14-18-12(11(6-15)13(21)19-14)9-2-4-10(5-3-9)20-8-16-7-17-20/h2-5,7-8H,1H3,(H,18,19,21). The number of H-pyrrole nitrogens is 1. The predicted molar refractivity (Wildman–Crippen MR) is 81.7 cm³/mol. The van der Waals surface area contributed by atoms with Gasteiger partial charge in [0.15, 0.2) is 5.16 Å². The number of aromatic nitrogens is 5. The van der Waals surface area contributed by atoms with Gasteiger partial charge in [-0.1, -0.05) is 23.9 Å². The molecular weight excluding hydrogens is 300 g/mol. The molecule has 7 nitrogen and oxygen atoms in total. The molecule has 0 unspecified atom stereocenters. The van der Waals surface area contributed by atoms with Crippen molar-refractivity contribution in [3.8, 4) is 23.0 Å². The highest BCUT2D eigenvalue weighted by molar-refractivity contribution is 7.98. The number of thioether (sulfide) groups is 1. The largest absolute Gasteiger partial charge is 0.300 e. The third-order valence-electron chi connectivity index (χ3n) is 3.03. The second-order valence-corrected chi connectivity index (χ2v) is 5.09. The molecule has 1 N–H and O–H groups in total. The fourth-order valence-corrected chi connectivity index (χ4v) is 2.35. The molecule has 2 heterocycles. The van der Waals surface area contributed by atoms with E-state index in [1.807, 2.05) is 24.5 Å². The summed E-state index contributed by atoms with van der Waals surface area (Å²) in [6.45, 7) is 0. The minimum atomic E-state index is -0.433. The highest BCUT2D eigenvalue weighted by atomic mass is 32.2. The van der Waals surface area contributed by atoms with Gasteiger partial charge in [-0.2, -0.15) is 10.4 Å². The maximum absolute atomic E-state index is 11.9. The minimum absolute atomic E-state index is 0.00584. The first-order valence-electron chi connectivity index (χ1n) is 6.27. The molecule has 3 rings (SSSR count). The lowest BCUT2D eigenvalue weighted by Crippen LogP contribution is -2.14. The summed E-state index contributed by atoms with van der Waals surface area (Å²) in [4.78, 5) is 22.7. The van der Waals surface area contributed by atoms with Crippen LogP contribution in [0.15, 0.2) is 46.9 Å². The van der Waals surface area contributed by atoms with Gasteiger partial charge in [0.1, 0.15) is 24.3 Å². The van der Waals surface area contributed by atoms with Gasteiger partial charge >= 0.3 is 0 Å². The van der Waals surface area contributed by atoms with Crippen LogP contribution in [-0.4, -0.2) is 31.0 Å². The zero-order valence-electron chi connectivity index (χ0n) is 11.5. The van der Waals surface area contributed by atoms with Crippen molar-refractivity contribution < 1.29 is 0 Å². The molecule has 0 aliphatic rings. The average Bonchev–Trinajstić information content (AvgIpc) is 3.08. The molecule has 22 heavy (non-hydrogen) atoms. The Labute approximate surface area is 129 Å². The first kappa shape index (κ1) is 14.0. The lowest BCUT2D eigenvalue weighted by molar-refractivity contribution is 0.879. The molecule has 0 radical (unpaired) electrons. The van der Waals surface area contributed by atoms with Gasteiger partial charge in [0, 0.05) is 5.56 Å². The van der Waals surface area contributed by atoms with Crippen LogP contribution in [-0.2, 0) is 0 Å². The van der Waals surface area contributed by atoms with E-state index in [0.29, 0.717) is 16.4 Å². The van der Waals surface area contributed by atoms with Crippen molar-refractivity contribution in [3.05, 3.63) is 52.8 Å². The monoisotopic (exact) mass is 310 g/mol. The molecule has 0 saturated carbocycles. The fourth-order valence-electron chi connectivity index (χ4n) is 1.98. The molecule has 3 aromatic rings. The van der Waals surface area contributed by atoms with E-state index in [1.54, 1.807) is 23.1 Å². The van der Waals surface area contributed by atoms with Crippen LogP contribution >= 0.6 is 11.8 Å². The molecule has 0 spiro atoms. The topological polar surface area (TPSA) is 100 Å². The van der Waals surface area contributed by atoms with Crippen LogP contribution in [0.2, 0.25) is 0 Å². The van der Waals surface area contributed by atoms with Crippen molar-refractivity contribution in [2.24, 2.45) is 0 Å². The zero-order chi connectivity index (χ0) is 15.5. The molecule has 1 aromatic carbocycles. The van der Waals surface area contributed by atoms with Gasteiger partial charge in [-0.05, 0) is 18.4 Å². The Bertz CT molecular complexity index is 893. The van der Waals surface area contributed by atoms with E-state index in [2.05, 4.69) is 20.1 Å². The van der Waals surface area contributed by atoms with Gasteiger partial charge in [0.05, 0.1) is 11.4 Å². The zero-order valence-corrected chi connectivity index (χ0v) is 12.3. The molecule has 0 amide bonds. The average molecular weight is 310 g/mol. The van der Waals surface area contributed by atoms with Gasteiger partial charge in [-0.3, -0.25) is 4.79 Å². The van der Waals surface area contributed by atoms with E-state index in [0.717, 1.165) is 5.69 Å². The van der Waals surface area contributed by atoms with E-state index >= 15 is 0 Å². The minimum Gasteiger partial charge on any atom is -0.300 e. The van der Waals surface area contributed by atoms with Crippen molar-refractivity contribution in [3.63, 3.8) is 0 Å². The number of hydrogen-bond acceptors (Lipinski definition) is 6. The summed E-state index contributed by atoms with van der Waals surface area (Å²) < 4.78 is 1.62. The molecule has 2 aromatic heterocycles. The summed E-state index contributed by atoms with van der Waals surface area (Å²) in [5, 5.41) is 13.7. The summed E-state index contributed by atoms with van der Waals surface area (Å²) in [6.07, 6.45) is 4.85. The molecule has 0 atom stereocenters. The predicted octanol–water partition coefficient (Wildman–Crippen LogP) is 1.61. The lowest BCUT2D eigenvalue weighted by Gasteiger charge is -2.06. The van der Waals surface area contributed by atoms with Crippen molar-refractivity contribution in [2.45, 2.75) is 5.16 Å². The van der Waals surface area contributed by atoms with Crippen LogP contribution < -0.4 is 5.56 Å². The van der Waals surface area contributed by atoms with E-state index in [-0.39, 0.29) is 5.56 Å².